The van der Waals surface area contributed by atoms with Crippen LogP contribution in [0.2, 0.25) is 5.02 Å². The molecular formula is C35H35B2ClF2N6O2. The molecule has 5 rings (SSSR count). The number of aromatic nitrogens is 4. The summed E-state index contributed by atoms with van der Waals surface area (Å²) in [5, 5.41) is 0.461. The second kappa shape index (κ2) is 13.7. The van der Waals surface area contributed by atoms with Crippen molar-refractivity contribution in [1.82, 2.24) is 24.4 Å². The fraction of sp³-hybridized carbons (Fsp3) is 0.343. The Morgan fingerprint density at radius 3 is 2.33 bits per heavy atom. The van der Waals surface area contributed by atoms with Gasteiger partial charge in [-0.1, -0.05) is 64.1 Å². The molecule has 13 heteroatoms. The van der Waals surface area contributed by atoms with Gasteiger partial charge in [0.2, 0.25) is 0 Å². The molecule has 2 atom stereocenters. The van der Waals surface area contributed by atoms with Gasteiger partial charge in [0, 0.05) is 36.9 Å². The van der Waals surface area contributed by atoms with E-state index in [4.69, 9.17) is 32.3 Å². The molecule has 1 fully saturated rings. The third-order valence-electron chi connectivity index (χ3n) is 8.47. The number of anilines is 1. The van der Waals surface area contributed by atoms with Crippen LogP contribution >= 0.6 is 11.6 Å². The van der Waals surface area contributed by atoms with Crippen LogP contribution in [0.5, 0.6) is 0 Å². The molecule has 1 aromatic carbocycles. The summed E-state index contributed by atoms with van der Waals surface area (Å²) >= 11 is 6.94. The third-order valence-corrected chi connectivity index (χ3v) is 8.75. The van der Waals surface area contributed by atoms with Gasteiger partial charge in [0.1, 0.15) is 11.6 Å². The predicted molar refractivity (Wildman–Crippen MR) is 189 cm³/mol. The van der Waals surface area contributed by atoms with Crippen LogP contribution in [0.25, 0.3) is 34.1 Å². The predicted octanol–water partition coefficient (Wildman–Crippen LogP) is 6.43. The Kier molecular flexibility index (Phi) is 9.97. The first-order valence-electron chi connectivity index (χ1n) is 15.7. The number of carbonyl (C=O) groups excluding carboxylic acids is 1. The quantitative estimate of drug-likeness (QED) is 0.167. The average molecular weight is 667 g/mol. The van der Waals surface area contributed by atoms with Crippen LogP contribution in [-0.4, -0.2) is 71.2 Å². The van der Waals surface area contributed by atoms with Crippen LogP contribution in [-0.2, 0) is 4.79 Å². The number of piperazine rings is 1. The number of carbonyl (C=O) groups is 1. The van der Waals surface area contributed by atoms with Crippen molar-refractivity contribution in [3.8, 4) is 16.9 Å². The van der Waals surface area contributed by atoms with E-state index in [1.54, 1.807) is 18.3 Å². The lowest BCUT2D eigenvalue weighted by molar-refractivity contribution is -0.129. The van der Waals surface area contributed by atoms with E-state index < -0.39 is 35.3 Å². The first kappa shape index (κ1) is 35.0. The van der Waals surface area contributed by atoms with E-state index in [-0.39, 0.29) is 58.0 Å². The zero-order valence-electron chi connectivity index (χ0n) is 27.8. The minimum Gasteiger partial charge on any atom is -0.347 e. The summed E-state index contributed by atoms with van der Waals surface area (Å²) < 4.78 is 30.9. The number of benzene rings is 1. The Bertz CT molecular complexity index is 1990. The van der Waals surface area contributed by atoms with Gasteiger partial charge in [-0.05, 0) is 55.0 Å². The Balaban J connectivity index is 1.89. The molecule has 4 heterocycles. The van der Waals surface area contributed by atoms with Gasteiger partial charge in [0.25, 0.3) is 5.91 Å². The highest BCUT2D eigenvalue weighted by atomic mass is 35.5. The topological polar surface area (TPSA) is 84.2 Å². The molecule has 8 nitrogen and oxygen atoms in total. The molecule has 0 N–H and O–H groups in total. The molecule has 48 heavy (non-hydrogen) atoms. The van der Waals surface area contributed by atoms with Gasteiger partial charge in [-0.2, -0.15) is 10.4 Å². The van der Waals surface area contributed by atoms with Crippen LogP contribution in [0, 0.1) is 5.82 Å². The lowest BCUT2D eigenvalue weighted by atomic mass is 9.77. The molecule has 1 saturated heterocycles. The van der Waals surface area contributed by atoms with Gasteiger partial charge >= 0.3 is 5.69 Å². The van der Waals surface area contributed by atoms with Gasteiger partial charge in [0.15, 0.2) is 11.5 Å². The summed E-state index contributed by atoms with van der Waals surface area (Å²) in [6.45, 7) is 15.1. The lowest BCUT2D eigenvalue weighted by Crippen LogP contribution is -2.59. The smallest absolute Gasteiger partial charge is 0.347 e. The van der Waals surface area contributed by atoms with Crippen molar-refractivity contribution in [2.24, 2.45) is 0 Å². The molecule has 1 aliphatic heterocycles. The normalized spacial score (nSPS) is 16.6. The summed E-state index contributed by atoms with van der Waals surface area (Å²) in [4.78, 5) is 44.4. The van der Waals surface area contributed by atoms with E-state index in [0.29, 0.717) is 22.3 Å². The van der Waals surface area contributed by atoms with Crippen molar-refractivity contribution >= 4 is 56.1 Å². The Morgan fingerprint density at radius 1 is 1.08 bits per heavy atom. The van der Waals surface area contributed by atoms with Crippen molar-refractivity contribution in [3.63, 3.8) is 0 Å². The van der Waals surface area contributed by atoms with E-state index >= 15 is 4.39 Å². The van der Waals surface area contributed by atoms with Crippen LogP contribution in [0.1, 0.15) is 70.2 Å². The standard InChI is InChI=1S/C35H35B2ClF2N6O2/c1-17(2)23-11-12-41-29(18(3)4)31(23)46-32-24(14-25(38)30(42-32)28-22(13-27(36)37)9-8-10-26(28)40)33(43-35(46)48)45-19(5)15-44(16-20(45)6)34(47)21(7)39/h8-14,17-20H,7,15-16H2,1-6H3/t19-,20-/m0/s1. The van der Waals surface area contributed by atoms with Crippen molar-refractivity contribution in [2.45, 2.75) is 65.5 Å². The SMILES string of the molecule is [B]C([B])=Cc1cccc(F)c1-c1nc2c(cc1Cl)c(N1[C@@H](C)CN(C(=O)C(=C)F)C[C@@H]1C)nc(=O)n2-c1c(C(C)C)ccnc1C(C)C. The number of rotatable bonds is 7. The number of hydrogen-bond donors (Lipinski definition) is 0. The monoisotopic (exact) mass is 666 g/mol. The van der Waals surface area contributed by atoms with Crippen LogP contribution in [0.15, 0.2) is 59.1 Å². The Hall–Kier alpha value is -4.31. The lowest BCUT2D eigenvalue weighted by Gasteiger charge is -2.45. The maximum absolute atomic E-state index is 15.7. The molecule has 1 aliphatic rings. The van der Waals surface area contributed by atoms with Gasteiger partial charge in [-0.3, -0.25) is 9.78 Å². The van der Waals surface area contributed by atoms with Crippen molar-refractivity contribution in [1.29, 1.82) is 0 Å². The summed E-state index contributed by atoms with van der Waals surface area (Å²) in [5.41, 5.74) is 2.04. The number of halogens is 3. The minimum atomic E-state index is -1.05. The number of pyridine rings is 2. The molecular weight excluding hydrogens is 631 g/mol. The summed E-state index contributed by atoms with van der Waals surface area (Å²) in [5.74, 6) is -2.28. The Labute approximate surface area is 286 Å². The second-order valence-electron chi connectivity index (χ2n) is 12.8. The fourth-order valence-electron chi connectivity index (χ4n) is 6.47. The highest BCUT2D eigenvalue weighted by molar-refractivity contribution is 6.50. The molecule has 0 saturated carbocycles. The largest absolute Gasteiger partial charge is 0.355 e. The molecule has 0 spiro atoms. The molecule has 0 aliphatic carbocycles. The van der Waals surface area contributed by atoms with Crippen molar-refractivity contribution in [2.75, 3.05) is 18.0 Å². The number of nitrogens with zero attached hydrogens (tertiary/aromatic N) is 6. The van der Waals surface area contributed by atoms with Crippen molar-refractivity contribution < 1.29 is 13.6 Å². The average Bonchev–Trinajstić information content (AvgIpc) is 3.00. The number of hydrogen-bond acceptors (Lipinski definition) is 6. The molecule has 0 unspecified atom stereocenters. The van der Waals surface area contributed by atoms with E-state index in [1.165, 1.54) is 27.7 Å². The van der Waals surface area contributed by atoms with Crippen molar-refractivity contribution in [3.05, 3.63) is 92.5 Å². The van der Waals surface area contributed by atoms with Crippen LogP contribution in [0.4, 0.5) is 14.6 Å². The summed E-state index contributed by atoms with van der Waals surface area (Å²) in [7, 11) is 11.6. The zero-order valence-corrected chi connectivity index (χ0v) is 28.5. The molecule has 1 amide bonds. The number of fused-ring (bicyclic) bond motifs is 1. The first-order chi connectivity index (χ1) is 22.6. The Morgan fingerprint density at radius 2 is 1.75 bits per heavy atom. The molecule has 4 radical (unpaired) electrons. The highest BCUT2D eigenvalue weighted by Gasteiger charge is 2.36. The fourth-order valence-corrected chi connectivity index (χ4v) is 6.71. The van der Waals surface area contributed by atoms with E-state index in [1.807, 2.05) is 52.5 Å². The van der Waals surface area contributed by atoms with Gasteiger partial charge in [0.05, 0.1) is 43.2 Å². The maximum Gasteiger partial charge on any atom is 0.355 e. The molecule has 3 aromatic heterocycles. The van der Waals surface area contributed by atoms with E-state index in [9.17, 15) is 14.0 Å². The first-order valence-corrected chi connectivity index (χ1v) is 16.1. The van der Waals surface area contributed by atoms with E-state index in [0.717, 1.165) is 5.56 Å². The van der Waals surface area contributed by atoms with Gasteiger partial charge in [-0.25, -0.2) is 23.1 Å². The zero-order chi connectivity index (χ0) is 35.2. The van der Waals surface area contributed by atoms with Gasteiger partial charge < -0.3 is 9.80 Å². The molecule has 0 bridgehead atoms. The summed E-state index contributed by atoms with van der Waals surface area (Å²) in [6, 6.07) is 7.11. The maximum atomic E-state index is 15.7. The summed E-state index contributed by atoms with van der Waals surface area (Å²) in [6.07, 6.45) is 3.13. The highest BCUT2D eigenvalue weighted by Crippen LogP contribution is 2.39. The molecule has 244 valence electrons. The van der Waals surface area contributed by atoms with Gasteiger partial charge in [-0.15, -0.1) is 0 Å². The second-order valence-corrected chi connectivity index (χ2v) is 13.2. The third kappa shape index (κ3) is 6.42. The number of amides is 1. The van der Waals surface area contributed by atoms with E-state index in [2.05, 4.69) is 16.5 Å². The van der Waals surface area contributed by atoms with Crippen LogP contribution in [0.3, 0.4) is 0 Å². The van der Waals surface area contributed by atoms with Crippen LogP contribution < -0.4 is 10.6 Å². The molecule has 4 aromatic rings. The minimum absolute atomic E-state index is 0.0133.